The molecule has 0 radical (unpaired) electrons. The van der Waals surface area contributed by atoms with Crippen LogP contribution >= 0.6 is 0 Å². The molecular formula is C16H28N4. The lowest BCUT2D eigenvalue weighted by molar-refractivity contribution is 0.617. The molecule has 0 aliphatic heterocycles. The van der Waals surface area contributed by atoms with Crippen LogP contribution in [0.5, 0.6) is 0 Å². The number of nitrogens with one attached hydrogen (secondary N) is 2. The van der Waals surface area contributed by atoms with Crippen LogP contribution in [0.15, 0.2) is 6.07 Å². The van der Waals surface area contributed by atoms with Crippen LogP contribution in [0.2, 0.25) is 0 Å². The molecule has 2 N–H and O–H groups in total. The lowest BCUT2D eigenvalue weighted by Crippen LogP contribution is -2.20. The van der Waals surface area contributed by atoms with Gasteiger partial charge in [0, 0.05) is 18.2 Å². The molecule has 1 aliphatic carbocycles. The molecule has 1 atom stereocenters. The van der Waals surface area contributed by atoms with Gasteiger partial charge >= 0.3 is 0 Å². The van der Waals surface area contributed by atoms with Gasteiger partial charge in [-0.15, -0.1) is 0 Å². The van der Waals surface area contributed by atoms with E-state index in [1.807, 2.05) is 13.0 Å². The maximum Gasteiger partial charge on any atom is 0.132 e. The van der Waals surface area contributed by atoms with Gasteiger partial charge < -0.3 is 10.6 Å². The summed E-state index contributed by atoms with van der Waals surface area (Å²) in [6.45, 7) is 6.31. The van der Waals surface area contributed by atoms with Crippen molar-refractivity contribution in [1.29, 1.82) is 0 Å². The zero-order chi connectivity index (χ0) is 14.4. The molecule has 1 fully saturated rings. The molecule has 0 spiro atoms. The molecule has 0 aromatic carbocycles. The Morgan fingerprint density at radius 2 is 1.80 bits per heavy atom. The molecule has 4 heteroatoms. The molecule has 4 nitrogen and oxygen atoms in total. The molecule has 1 aliphatic rings. The van der Waals surface area contributed by atoms with Gasteiger partial charge in [0.2, 0.25) is 0 Å². The van der Waals surface area contributed by atoms with Crippen molar-refractivity contribution in [3.8, 4) is 0 Å². The topological polar surface area (TPSA) is 49.8 Å². The van der Waals surface area contributed by atoms with Crippen LogP contribution in [0, 0.1) is 6.92 Å². The van der Waals surface area contributed by atoms with Crippen LogP contribution in [-0.2, 0) is 0 Å². The molecule has 0 bridgehead atoms. The zero-order valence-corrected chi connectivity index (χ0v) is 13.1. The highest BCUT2D eigenvalue weighted by Gasteiger charge is 2.13. The smallest absolute Gasteiger partial charge is 0.132 e. The molecule has 1 saturated carbocycles. The highest BCUT2D eigenvalue weighted by molar-refractivity contribution is 5.48. The summed E-state index contributed by atoms with van der Waals surface area (Å²) in [5, 5.41) is 7.03. The fraction of sp³-hybridized carbons (Fsp3) is 0.750. The molecule has 1 aromatic heterocycles. The Morgan fingerprint density at radius 1 is 1.15 bits per heavy atom. The minimum Gasteiger partial charge on any atom is -0.367 e. The summed E-state index contributed by atoms with van der Waals surface area (Å²) in [5.41, 5.74) is 0. The van der Waals surface area contributed by atoms with Crippen molar-refractivity contribution in [2.75, 3.05) is 10.6 Å². The Balaban J connectivity index is 2.02. The van der Waals surface area contributed by atoms with Crippen molar-refractivity contribution in [3.05, 3.63) is 11.9 Å². The van der Waals surface area contributed by atoms with Crippen LogP contribution in [0.1, 0.15) is 64.6 Å². The number of hydrogen-bond acceptors (Lipinski definition) is 4. The highest BCUT2D eigenvalue weighted by Crippen LogP contribution is 2.21. The van der Waals surface area contributed by atoms with Gasteiger partial charge in [0.25, 0.3) is 0 Å². The first-order valence-electron chi connectivity index (χ1n) is 8.06. The number of rotatable bonds is 5. The van der Waals surface area contributed by atoms with E-state index in [1.54, 1.807) is 0 Å². The van der Waals surface area contributed by atoms with E-state index >= 15 is 0 Å². The van der Waals surface area contributed by atoms with E-state index in [9.17, 15) is 0 Å². The number of hydrogen-bond donors (Lipinski definition) is 2. The SMILES string of the molecule is CCC(C)Nc1cc(NC2CCCCCC2)nc(C)n1. The summed E-state index contributed by atoms with van der Waals surface area (Å²) in [4.78, 5) is 9.00. The van der Waals surface area contributed by atoms with E-state index < -0.39 is 0 Å². The Morgan fingerprint density at radius 3 is 2.45 bits per heavy atom. The third kappa shape index (κ3) is 4.66. The van der Waals surface area contributed by atoms with Crippen LogP contribution in [-0.4, -0.2) is 22.1 Å². The van der Waals surface area contributed by atoms with Gasteiger partial charge in [-0.1, -0.05) is 32.6 Å². The Hall–Kier alpha value is -1.32. The van der Waals surface area contributed by atoms with E-state index in [0.717, 1.165) is 23.9 Å². The first-order chi connectivity index (χ1) is 9.67. The van der Waals surface area contributed by atoms with Crippen molar-refractivity contribution >= 4 is 11.6 Å². The lowest BCUT2D eigenvalue weighted by atomic mass is 10.1. The van der Waals surface area contributed by atoms with Gasteiger partial charge in [0.1, 0.15) is 17.5 Å². The third-order valence-electron chi connectivity index (χ3n) is 4.05. The van der Waals surface area contributed by atoms with Crippen molar-refractivity contribution in [1.82, 2.24) is 9.97 Å². The monoisotopic (exact) mass is 276 g/mol. The molecular weight excluding hydrogens is 248 g/mol. The molecule has 1 unspecified atom stereocenters. The van der Waals surface area contributed by atoms with E-state index in [2.05, 4.69) is 34.4 Å². The van der Waals surface area contributed by atoms with Crippen LogP contribution in [0.25, 0.3) is 0 Å². The summed E-state index contributed by atoms with van der Waals surface area (Å²) in [5.74, 6) is 2.73. The number of aromatic nitrogens is 2. The summed E-state index contributed by atoms with van der Waals surface area (Å²) in [6, 6.07) is 3.06. The predicted molar refractivity (Wildman–Crippen MR) is 85.3 cm³/mol. The molecule has 0 saturated heterocycles. The van der Waals surface area contributed by atoms with Gasteiger partial charge in [-0.25, -0.2) is 9.97 Å². The van der Waals surface area contributed by atoms with E-state index in [4.69, 9.17) is 0 Å². The second-order valence-corrected chi connectivity index (χ2v) is 5.97. The van der Waals surface area contributed by atoms with E-state index in [0.29, 0.717) is 12.1 Å². The van der Waals surface area contributed by atoms with Crippen LogP contribution in [0.4, 0.5) is 11.6 Å². The Kier molecular flexibility index (Phi) is 5.62. The van der Waals surface area contributed by atoms with Gasteiger partial charge in [0.05, 0.1) is 0 Å². The van der Waals surface area contributed by atoms with E-state index in [1.165, 1.54) is 38.5 Å². The first kappa shape index (κ1) is 15.1. The van der Waals surface area contributed by atoms with Gasteiger partial charge in [-0.2, -0.15) is 0 Å². The summed E-state index contributed by atoms with van der Waals surface area (Å²) < 4.78 is 0. The average Bonchev–Trinajstić information content (AvgIpc) is 2.66. The minimum atomic E-state index is 0.440. The van der Waals surface area contributed by atoms with Crippen molar-refractivity contribution in [2.45, 2.75) is 77.8 Å². The van der Waals surface area contributed by atoms with E-state index in [-0.39, 0.29) is 0 Å². The molecule has 112 valence electrons. The standard InChI is InChI=1S/C16H28N4/c1-4-12(2)17-15-11-16(19-13(3)18-15)20-14-9-7-5-6-8-10-14/h11-12,14H,4-10H2,1-3H3,(H2,17,18,19,20). The molecule has 0 amide bonds. The summed E-state index contributed by atoms with van der Waals surface area (Å²) in [7, 11) is 0. The van der Waals surface area contributed by atoms with Gasteiger partial charge in [-0.05, 0) is 33.1 Å². The Labute approximate surface area is 122 Å². The summed E-state index contributed by atoms with van der Waals surface area (Å²) >= 11 is 0. The van der Waals surface area contributed by atoms with Gasteiger partial charge in [0.15, 0.2) is 0 Å². The number of anilines is 2. The first-order valence-corrected chi connectivity index (χ1v) is 8.06. The third-order valence-corrected chi connectivity index (χ3v) is 4.05. The largest absolute Gasteiger partial charge is 0.367 e. The minimum absolute atomic E-state index is 0.440. The van der Waals surface area contributed by atoms with Crippen molar-refractivity contribution < 1.29 is 0 Å². The maximum absolute atomic E-state index is 4.53. The predicted octanol–water partition coefficient (Wildman–Crippen LogP) is 4.13. The second-order valence-electron chi connectivity index (χ2n) is 5.97. The molecule has 1 heterocycles. The average molecular weight is 276 g/mol. The molecule has 1 aromatic rings. The molecule has 2 rings (SSSR count). The van der Waals surface area contributed by atoms with Gasteiger partial charge in [-0.3, -0.25) is 0 Å². The number of nitrogens with zero attached hydrogens (tertiary/aromatic N) is 2. The fourth-order valence-corrected chi connectivity index (χ4v) is 2.70. The quantitative estimate of drug-likeness (QED) is 0.794. The maximum atomic E-state index is 4.53. The molecule has 20 heavy (non-hydrogen) atoms. The highest BCUT2D eigenvalue weighted by atomic mass is 15.1. The summed E-state index contributed by atoms with van der Waals surface area (Å²) in [6.07, 6.45) is 9.03. The normalized spacial score (nSPS) is 18.4. The second kappa shape index (κ2) is 7.46. The number of aryl methyl sites for hydroxylation is 1. The zero-order valence-electron chi connectivity index (χ0n) is 13.1. The lowest BCUT2D eigenvalue weighted by Gasteiger charge is -2.18. The Bertz CT molecular complexity index is 411. The van der Waals surface area contributed by atoms with Crippen LogP contribution < -0.4 is 10.6 Å². The van der Waals surface area contributed by atoms with Crippen molar-refractivity contribution in [3.63, 3.8) is 0 Å². The fourth-order valence-electron chi connectivity index (χ4n) is 2.70. The van der Waals surface area contributed by atoms with Crippen molar-refractivity contribution in [2.24, 2.45) is 0 Å². The van der Waals surface area contributed by atoms with Crippen LogP contribution in [0.3, 0.4) is 0 Å².